The highest BCUT2D eigenvalue weighted by atomic mass is 19.1. The van der Waals surface area contributed by atoms with Gasteiger partial charge in [0.2, 0.25) is 0 Å². The van der Waals surface area contributed by atoms with Crippen molar-refractivity contribution in [3.8, 4) is 0 Å². The molecule has 1 aromatic carbocycles. The Hall–Kier alpha value is -1.68. The van der Waals surface area contributed by atoms with Crippen LogP contribution < -0.4 is 11.3 Å². The van der Waals surface area contributed by atoms with Gasteiger partial charge in [-0.25, -0.2) is 4.39 Å². The zero-order valence-corrected chi connectivity index (χ0v) is 9.34. The number of hydrogen-bond acceptors (Lipinski definition) is 3. The van der Waals surface area contributed by atoms with Crippen LogP contribution in [0.25, 0.3) is 10.9 Å². The third-order valence-electron chi connectivity index (χ3n) is 2.66. The van der Waals surface area contributed by atoms with E-state index in [0.717, 1.165) is 23.2 Å². The molecule has 0 aliphatic carbocycles. The van der Waals surface area contributed by atoms with E-state index < -0.39 is 0 Å². The second-order valence-corrected chi connectivity index (χ2v) is 3.78. The lowest BCUT2D eigenvalue weighted by molar-refractivity contribution is 0.620. The molecule has 0 radical (unpaired) electrons. The van der Waals surface area contributed by atoms with E-state index in [1.807, 2.05) is 13.0 Å². The number of nitrogens with zero attached hydrogens (tertiary/aromatic N) is 1. The topological polar surface area (TPSA) is 50.9 Å². The summed E-state index contributed by atoms with van der Waals surface area (Å²) in [4.78, 5) is 4.37. The third-order valence-corrected chi connectivity index (χ3v) is 2.66. The number of benzene rings is 1. The molecule has 2 aromatic rings. The molecule has 0 bridgehead atoms. The summed E-state index contributed by atoms with van der Waals surface area (Å²) in [7, 11) is 0. The summed E-state index contributed by atoms with van der Waals surface area (Å²) in [5, 5.41) is 0.846. The largest absolute Gasteiger partial charge is 0.323 e. The zero-order chi connectivity index (χ0) is 11.7. The molecule has 1 aromatic heterocycles. The van der Waals surface area contributed by atoms with E-state index in [1.165, 1.54) is 6.07 Å². The molecule has 2 rings (SSSR count). The van der Waals surface area contributed by atoms with E-state index in [0.29, 0.717) is 11.1 Å². The zero-order valence-electron chi connectivity index (χ0n) is 9.34. The molecular formula is C12H14FN3. The van der Waals surface area contributed by atoms with Crippen molar-refractivity contribution >= 4 is 16.6 Å². The van der Waals surface area contributed by atoms with Gasteiger partial charge in [-0.1, -0.05) is 6.92 Å². The van der Waals surface area contributed by atoms with Crippen LogP contribution in [-0.2, 0) is 6.42 Å². The van der Waals surface area contributed by atoms with Crippen LogP contribution in [0.1, 0.15) is 18.2 Å². The smallest absolute Gasteiger partial charge is 0.128 e. The van der Waals surface area contributed by atoms with Gasteiger partial charge in [0, 0.05) is 17.1 Å². The molecule has 0 amide bonds. The second kappa shape index (κ2) is 4.06. The van der Waals surface area contributed by atoms with Crippen LogP contribution in [0.5, 0.6) is 0 Å². The van der Waals surface area contributed by atoms with E-state index in [-0.39, 0.29) is 5.82 Å². The maximum atomic E-state index is 13.4. The summed E-state index contributed by atoms with van der Waals surface area (Å²) < 4.78 is 13.4. The van der Waals surface area contributed by atoms with Crippen molar-refractivity contribution in [1.82, 2.24) is 4.98 Å². The third kappa shape index (κ3) is 1.72. The van der Waals surface area contributed by atoms with Gasteiger partial charge in [0.15, 0.2) is 0 Å². The van der Waals surface area contributed by atoms with Crippen LogP contribution in [0.15, 0.2) is 18.2 Å². The van der Waals surface area contributed by atoms with Crippen LogP contribution >= 0.6 is 0 Å². The predicted octanol–water partition coefficient (Wildman–Crippen LogP) is 2.53. The van der Waals surface area contributed by atoms with Crippen LogP contribution in [-0.4, -0.2) is 4.98 Å². The predicted molar refractivity (Wildman–Crippen MR) is 63.6 cm³/mol. The summed E-state index contributed by atoms with van der Waals surface area (Å²) in [5.41, 5.74) is 5.53. The van der Waals surface area contributed by atoms with Crippen molar-refractivity contribution in [2.24, 2.45) is 5.84 Å². The summed E-state index contributed by atoms with van der Waals surface area (Å²) in [6.45, 7) is 3.72. The molecular weight excluding hydrogens is 205 g/mol. The van der Waals surface area contributed by atoms with Gasteiger partial charge in [-0.05, 0) is 31.0 Å². The molecule has 0 unspecified atom stereocenters. The Bertz CT molecular complexity index is 537. The minimum atomic E-state index is -0.240. The fraction of sp³-hybridized carbons (Fsp3) is 0.250. The highest BCUT2D eigenvalue weighted by molar-refractivity contribution is 5.91. The van der Waals surface area contributed by atoms with Gasteiger partial charge in [0.1, 0.15) is 5.82 Å². The van der Waals surface area contributed by atoms with E-state index in [9.17, 15) is 4.39 Å². The molecule has 0 fully saturated rings. The first kappa shape index (κ1) is 10.8. The average molecular weight is 219 g/mol. The standard InChI is InChI=1S/C12H14FN3/c1-3-8-5-12(16-14)9-4-7(2)10(13)6-11(9)15-8/h4-6H,3,14H2,1-2H3,(H,15,16). The summed E-state index contributed by atoms with van der Waals surface area (Å²) in [6.07, 6.45) is 0.792. The van der Waals surface area contributed by atoms with Gasteiger partial charge in [0.25, 0.3) is 0 Å². The van der Waals surface area contributed by atoms with Gasteiger partial charge >= 0.3 is 0 Å². The Morgan fingerprint density at radius 1 is 1.38 bits per heavy atom. The Morgan fingerprint density at radius 3 is 2.75 bits per heavy atom. The number of pyridine rings is 1. The van der Waals surface area contributed by atoms with Crippen molar-refractivity contribution in [2.75, 3.05) is 5.43 Å². The van der Waals surface area contributed by atoms with Crippen LogP contribution in [0.3, 0.4) is 0 Å². The lowest BCUT2D eigenvalue weighted by Crippen LogP contribution is -2.08. The highest BCUT2D eigenvalue weighted by Crippen LogP contribution is 2.25. The van der Waals surface area contributed by atoms with Crippen molar-refractivity contribution in [2.45, 2.75) is 20.3 Å². The maximum absolute atomic E-state index is 13.4. The fourth-order valence-electron chi connectivity index (χ4n) is 1.71. The van der Waals surface area contributed by atoms with Crippen molar-refractivity contribution < 1.29 is 4.39 Å². The number of hydrogen-bond donors (Lipinski definition) is 2. The molecule has 1 heterocycles. The van der Waals surface area contributed by atoms with Gasteiger partial charge in [-0.2, -0.15) is 0 Å². The van der Waals surface area contributed by atoms with E-state index in [2.05, 4.69) is 10.4 Å². The van der Waals surface area contributed by atoms with E-state index >= 15 is 0 Å². The monoisotopic (exact) mass is 219 g/mol. The molecule has 16 heavy (non-hydrogen) atoms. The number of nitrogen functional groups attached to an aromatic ring is 1. The quantitative estimate of drug-likeness (QED) is 0.602. The van der Waals surface area contributed by atoms with Gasteiger partial charge in [-0.3, -0.25) is 10.8 Å². The van der Waals surface area contributed by atoms with E-state index in [1.54, 1.807) is 13.0 Å². The minimum Gasteiger partial charge on any atom is -0.323 e. The Labute approximate surface area is 93.5 Å². The first-order chi connectivity index (χ1) is 7.65. The van der Waals surface area contributed by atoms with Crippen LogP contribution in [0.4, 0.5) is 10.1 Å². The first-order valence-electron chi connectivity index (χ1n) is 5.22. The molecule has 3 nitrogen and oxygen atoms in total. The van der Waals surface area contributed by atoms with Crippen molar-refractivity contribution in [3.05, 3.63) is 35.3 Å². The number of nitrogens with two attached hydrogens (primary N) is 1. The molecule has 0 atom stereocenters. The summed E-state index contributed by atoms with van der Waals surface area (Å²) in [5.74, 6) is 5.22. The number of aromatic nitrogens is 1. The van der Waals surface area contributed by atoms with Crippen LogP contribution in [0.2, 0.25) is 0 Å². The molecule has 0 aliphatic heterocycles. The molecule has 0 saturated carbocycles. The van der Waals surface area contributed by atoms with Crippen LogP contribution in [0, 0.1) is 12.7 Å². The Kier molecular flexibility index (Phi) is 2.75. The van der Waals surface area contributed by atoms with Gasteiger partial charge in [0.05, 0.1) is 11.2 Å². The molecule has 0 spiro atoms. The highest BCUT2D eigenvalue weighted by Gasteiger charge is 2.07. The van der Waals surface area contributed by atoms with Crippen molar-refractivity contribution in [1.29, 1.82) is 0 Å². The number of aryl methyl sites for hydroxylation is 2. The van der Waals surface area contributed by atoms with Crippen molar-refractivity contribution in [3.63, 3.8) is 0 Å². The average Bonchev–Trinajstić information content (AvgIpc) is 2.29. The van der Waals surface area contributed by atoms with E-state index in [4.69, 9.17) is 5.84 Å². The molecule has 0 aliphatic rings. The number of halogens is 1. The fourth-order valence-corrected chi connectivity index (χ4v) is 1.71. The summed E-state index contributed by atoms with van der Waals surface area (Å²) in [6, 6.07) is 5.09. The molecule has 3 N–H and O–H groups in total. The number of rotatable bonds is 2. The number of anilines is 1. The minimum absolute atomic E-state index is 0.240. The normalized spacial score (nSPS) is 10.8. The number of nitrogens with one attached hydrogen (secondary N) is 1. The van der Waals surface area contributed by atoms with Gasteiger partial charge in [-0.15, -0.1) is 0 Å². The Morgan fingerprint density at radius 2 is 2.12 bits per heavy atom. The molecule has 4 heteroatoms. The first-order valence-corrected chi connectivity index (χ1v) is 5.22. The lowest BCUT2D eigenvalue weighted by atomic mass is 10.1. The SMILES string of the molecule is CCc1cc(NN)c2cc(C)c(F)cc2n1. The van der Waals surface area contributed by atoms with Gasteiger partial charge < -0.3 is 5.43 Å². The number of hydrazine groups is 1. The maximum Gasteiger partial charge on any atom is 0.128 e. The number of fused-ring (bicyclic) bond motifs is 1. The lowest BCUT2D eigenvalue weighted by Gasteiger charge is -2.09. The molecule has 0 saturated heterocycles. The summed E-state index contributed by atoms with van der Waals surface area (Å²) >= 11 is 0. The Balaban J connectivity index is 2.79. The molecule has 84 valence electrons. The second-order valence-electron chi connectivity index (χ2n) is 3.78.